The van der Waals surface area contributed by atoms with Crippen LogP contribution in [0.4, 0.5) is 4.39 Å². The number of nitrogens with two attached hydrogens (primary N) is 1. The van der Waals surface area contributed by atoms with E-state index < -0.39 is 0 Å². The fraction of sp³-hybridized carbons (Fsp3) is 0.571. The van der Waals surface area contributed by atoms with Gasteiger partial charge in [-0.3, -0.25) is 0 Å². The van der Waals surface area contributed by atoms with Crippen LogP contribution in [0.25, 0.3) is 0 Å². The highest BCUT2D eigenvalue weighted by Gasteiger charge is 2.35. The maximum atomic E-state index is 12.9. The summed E-state index contributed by atoms with van der Waals surface area (Å²) in [6, 6.07) is 6.68. The van der Waals surface area contributed by atoms with Crippen LogP contribution >= 0.6 is 0 Å². The molecule has 0 spiro atoms. The van der Waals surface area contributed by atoms with E-state index in [9.17, 15) is 4.39 Å². The average molecular weight is 221 g/mol. The standard InChI is InChI=1S/C14H20FN/c1-10-7-8-14(16,9-11(10)2)12-3-5-13(15)6-4-12/h3-6,10-11H,7-9,16H2,1-2H3. The Morgan fingerprint density at radius 1 is 1.19 bits per heavy atom. The van der Waals surface area contributed by atoms with E-state index in [1.165, 1.54) is 12.1 Å². The van der Waals surface area contributed by atoms with Crippen molar-refractivity contribution in [2.24, 2.45) is 17.6 Å². The first-order chi connectivity index (χ1) is 7.51. The highest BCUT2D eigenvalue weighted by Crippen LogP contribution is 2.40. The van der Waals surface area contributed by atoms with Crippen molar-refractivity contribution in [1.29, 1.82) is 0 Å². The lowest BCUT2D eigenvalue weighted by molar-refractivity contribution is 0.177. The van der Waals surface area contributed by atoms with Gasteiger partial charge in [0.15, 0.2) is 0 Å². The molecule has 3 atom stereocenters. The zero-order valence-corrected chi connectivity index (χ0v) is 10.0. The minimum atomic E-state index is -0.250. The van der Waals surface area contributed by atoms with E-state index >= 15 is 0 Å². The summed E-state index contributed by atoms with van der Waals surface area (Å²) >= 11 is 0. The van der Waals surface area contributed by atoms with Crippen molar-refractivity contribution in [2.45, 2.75) is 38.6 Å². The molecule has 0 radical (unpaired) electrons. The van der Waals surface area contributed by atoms with Crippen molar-refractivity contribution in [3.05, 3.63) is 35.6 Å². The maximum Gasteiger partial charge on any atom is 0.123 e. The van der Waals surface area contributed by atoms with E-state index in [1.54, 1.807) is 0 Å². The van der Waals surface area contributed by atoms with E-state index in [0.717, 1.165) is 30.7 Å². The summed E-state index contributed by atoms with van der Waals surface area (Å²) in [5, 5.41) is 0. The van der Waals surface area contributed by atoms with E-state index in [-0.39, 0.29) is 11.4 Å². The van der Waals surface area contributed by atoms with Crippen molar-refractivity contribution in [2.75, 3.05) is 0 Å². The molecule has 1 nitrogen and oxygen atoms in total. The highest BCUT2D eigenvalue weighted by atomic mass is 19.1. The summed E-state index contributed by atoms with van der Waals surface area (Å²) in [7, 11) is 0. The van der Waals surface area contributed by atoms with Crippen molar-refractivity contribution < 1.29 is 4.39 Å². The van der Waals surface area contributed by atoms with E-state index in [4.69, 9.17) is 5.73 Å². The lowest BCUT2D eigenvalue weighted by Crippen LogP contribution is -2.43. The second-order valence-electron chi connectivity index (χ2n) is 5.36. The molecule has 2 N–H and O–H groups in total. The van der Waals surface area contributed by atoms with Gasteiger partial charge in [0.05, 0.1) is 0 Å². The van der Waals surface area contributed by atoms with Gasteiger partial charge in [0.1, 0.15) is 5.82 Å². The van der Waals surface area contributed by atoms with Crippen LogP contribution in [-0.4, -0.2) is 0 Å². The summed E-state index contributed by atoms with van der Waals surface area (Å²) in [6.45, 7) is 4.55. The van der Waals surface area contributed by atoms with Crippen LogP contribution in [0.2, 0.25) is 0 Å². The first-order valence-electron chi connectivity index (χ1n) is 6.06. The third kappa shape index (κ3) is 2.12. The molecule has 0 bridgehead atoms. The number of hydrogen-bond donors (Lipinski definition) is 1. The lowest BCUT2D eigenvalue weighted by Gasteiger charge is -2.40. The Kier molecular flexibility index (Phi) is 3.02. The zero-order valence-electron chi connectivity index (χ0n) is 10.0. The van der Waals surface area contributed by atoms with Crippen molar-refractivity contribution in [3.8, 4) is 0 Å². The summed E-state index contributed by atoms with van der Waals surface area (Å²) in [5.41, 5.74) is 7.29. The van der Waals surface area contributed by atoms with E-state index in [0.29, 0.717) is 5.92 Å². The summed E-state index contributed by atoms with van der Waals surface area (Å²) < 4.78 is 12.9. The molecule has 2 rings (SSSR count). The molecule has 1 saturated carbocycles. The summed E-state index contributed by atoms with van der Waals surface area (Å²) in [6.07, 6.45) is 3.17. The van der Waals surface area contributed by atoms with Gasteiger partial charge in [0, 0.05) is 5.54 Å². The Labute approximate surface area is 96.9 Å². The predicted molar refractivity (Wildman–Crippen MR) is 64.4 cm³/mol. The topological polar surface area (TPSA) is 26.0 Å². The van der Waals surface area contributed by atoms with Gasteiger partial charge in [0.25, 0.3) is 0 Å². The Balaban J connectivity index is 2.22. The summed E-state index contributed by atoms with van der Waals surface area (Å²) in [5.74, 6) is 1.20. The molecule has 0 aromatic heterocycles. The average Bonchev–Trinajstić information content (AvgIpc) is 2.25. The molecule has 0 aliphatic heterocycles. The van der Waals surface area contributed by atoms with Crippen LogP contribution < -0.4 is 5.73 Å². The fourth-order valence-corrected chi connectivity index (χ4v) is 2.69. The first kappa shape index (κ1) is 11.6. The molecular formula is C14H20FN. The van der Waals surface area contributed by atoms with Gasteiger partial charge in [-0.25, -0.2) is 4.39 Å². The number of hydrogen-bond acceptors (Lipinski definition) is 1. The smallest absolute Gasteiger partial charge is 0.123 e. The molecule has 0 saturated heterocycles. The number of rotatable bonds is 1. The quantitative estimate of drug-likeness (QED) is 0.772. The predicted octanol–water partition coefficient (Wildman–Crippen LogP) is 3.44. The van der Waals surface area contributed by atoms with Gasteiger partial charge in [-0.05, 0) is 48.8 Å². The molecule has 1 fully saturated rings. The fourth-order valence-electron chi connectivity index (χ4n) is 2.69. The second kappa shape index (κ2) is 4.17. The molecule has 1 aromatic rings. The van der Waals surface area contributed by atoms with E-state index in [1.807, 2.05) is 12.1 Å². The molecule has 0 heterocycles. The number of halogens is 1. The SMILES string of the molecule is CC1CCC(N)(c2ccc(F)cc2)CC1C. The molecule has 88 valence electrons. The Morgan fingerprint density at radius 2 is 1.81 bits per heavy atom. The van der Waals surface area contributed by atoms with Crippen molar-refractivity contribution >= 4 is 0 Å². The monoisotopic (exact) mass is 221 g/mol. The van der Waals surface area contributed by atoms with Gasteiger partial charge in [0.2, 0.25) is 0 Å². The van der Waals surface area contributed by atoms with E-state index in [2.05, 4.69) is 13.8 Å². The molecule has 2 heteroatoms. The highest BCUT2D eigenvalue weighted by molar-refractivity contribution is 5.25. The Bertz CT molecular complexity index is 360. The second-order valence-corrected chi connectivity index (χ2v) is 5.36. The van der Waals surface area contributed by atoms with Crippen molar-refractivity contribution in [3.63, 3.8) is 0 Å². The first-order valence-corrected chi connectivity index (χ1v) is 6.06. The van der Waals surface area contributed by atoms with Crippen LogP contribution in [0.15, 0.2) is 24.3 Å². The minimum absolute atomic E-state index is 0.190. The zero-order chi connectivity index (χ0) is 11.8. The molecule has 16 heavy (non-hydrogen) atoms. The van der Waals surface area contributed by atoms with Gasteiger partial charge < -0.3 is 5.73 Å². The normalized spacial score (nSPS) is 35.0. The molecule has 1 aromatic carbocycles. The van der Waals surface area contributed by atoms with Gasteiger partial charge in [-0.15, -0.1) is 0 Å². The van der Waals surface area contributed by atoms with Gasteiger partial charge >= 0.3 is 0 Å². The van der Waals surface area contributed by atoms with Crippen LogP contribution in [0, 0.1) is 17.7 Å². The Hall–Kier alpha value is -0.890. The largest absolute Gasteiger partial charge is 0.321 e. The van der Waals surface area contributed by atoms with Crippen LogP contribution in [0.3, 0.4) is 0 Å². The molecule has 1 aliphatic rings. The third-order valence-electron chi connectivity index (χ3n) is 4.12. The molecular weight excluding hydrogens is 201 g/mol. The van der Waals surface area contributed by atoms with Crippen LogP contribution in [-0.2, 0) is 5.54 Å². The van der Waals surface area contributed by atoms with Crippen LogP contribution in [0.1, 0.15) is 38.7 Å². The summed E-state index contributed by atoms with van der Waals surface area (Å²) in [4.78, 5) is 0. The Morgan fingerprint density at radius 3 is 2.38 bits per heavy atom. The maximum absolute atomic E-state index is 12.9. The van der Waals surface area contributed by atoms with Gasteiger partial charge in [-0.2, -0.15) is 0 Å². The molecule has 1 aliphatic carbocycles. The third-order valence-corrected chi connectivity index (χ3v) is 4.12. The van der Waals surface area contributed by atoms with Crippen molar-refractivity contribution in [1.82, 2.24) is 0 Å². The van der Waals surface area contributed by atoms with Crippen LogP contribution in [0.5, 0.6) is 0 Å². The minimum Gasteiger partial charge on any atom is -0.321 e. The molecule has 0 amide bonds. The van der Waals surface area contributed by atoms with Gasteiger partial charge in [-0.1, -0.05) is 26.0 Å². The molecule has 3 unspecified atom stereocenters. The number of benzene rings is 1. The lowest BCUT2D eigenvalue weighted by atomic mass is 9.69.